The van der Waals surface area contributed by atoms with E-state index >= 15 is 0 Å². The van der Waals surface area contributed by atoms with Crippen LogP contribution < -0.4 is 5.32 Å². The third-order valence-electron chi connectivity index (χ3n) is 4.35. The number of aromatic nitrogens is 2. The molecule has 2 aromatic rings. The van der Waals surface area contributed by atoms with Crippen molar-refractivity contribution < 1.29 is 9.59 Å². The fourth-order valence-electron chi connectivity index (χ4n) is 2.73. The van der Waals surface area contributed by atoms with Gasteiger partial charge in [0.1, 0.15) is 0 Å². The van der Waals surface area contributed by atoms with Crippen LogP contribution in [-0.2, 0) is 11.3 Å². The maximum atomic E-state index is 12.4. The summed E-state index contributed by atoms with van der Waals surface area (Å²) in [5, 5.41) is 3.17. The molecule has 7 heteroatoms. The molecule has 1 aliphatic rings. The van der Waals surface area contributed by atoms with Crippen LogP contribution in [0.4, 0.5) is 5.95 Å². The van der Waals surface area contributed by atoms with Gasteiger partial charge < -0.3 is 15.1 Å². The van der Waals surface area contributed by atoms with Gasteiger partial charge in [-0.05, 0) is 18.1 Å². The minimum atomic E-state index is -0.101. The summed E-state index contributed by atoms with van der Waals surface area (Å²) in [4.78, 5) is 35.0. The fourth-order valence-corrected chi connectivity index (χ4v) is 2.73. The Morgan fingerprint density at radius 1 is 1.16 bits per heavy atom. The lowest BCUT2D eigenvalue weighted by Gasteiger charge is -2.32. The molecule has 0 spiro atoms. The molecular weight excluding hydrogens is 318 g/mol. The summed E-state index contributed by atoms with van der Waals surface area (Å²) in [7, 11) is 0. The first-order chi connectivity index (χ1) is 12.2. The second-order valence-electron chi connectivity index (χ2n) is 6.01. The number of anilines is 1. The number of carbonyl (C=O) groups is 2. The van der Waals surface area contributed by atoms with Gasteiger partial charge in [0, 0.05) is 45.1 Å². The topological polar surface area (TPSA) is 78.4 Å². The Morgan fingerprint density at radius 3 is 2.48 bits per heavy atom. The average molecular weight is 339 g/mol. The van der Waals surface area contributed by atoms with Crippen molar-refractivity contribution in [2.75, 3.05) is 31.5 Å². The summed E-state index contributed by atoms with van der Waals surface area (Å²) < 4.78 is 0. The molecule has 2 heterocycles. The van der Waals surface area contributed by atoms with Crippen LogP contribution in [0, 0.1) is 6.92 Å². The van der Waals surface area contributed by atoms with Crippen LogP contribution in [0.5, 0.6) is 0 Å². The summed E-state index contributed by atoms with van der Waals surface area (Å²) in [5.74, 6) is 0.390. The van der Waals surface area contributed by atoms with Crippen LogP contribution in [0.15, 0.2) is 36.7 Å². The summed E-state index contributed by atoms with van der Waals surface area (Å²) >= 11 is 0. The number of amides is 2. The molecule has 1 N–H and O–H groups in total. The van der Waals surface area contributed by atoms with E-state index in [2.05, 4.69) is 34.3 Å². The molecular formula is C18H21N5O2. The molecule has 0 bridgehead atoms. The highest BCUT2D eigenvalue weighted by Crippen LogP contribution is 2.11. The Hall–Kier alpha value is -2.96. The van der Waals surface area contributed by atoms with Crippen LogP contribution in [0.25, 0.3) is 0 Å². The van der Waals surface area contributed by atoms with Crippen LogP contribution in [-0.4, -0.2) is 58.3 Å². The second-order valence-corrected chi connectivity index (χ2v) is 6.01. The highest BCUT2D eigenvalue weighted by atomic mass is 16.2. The van der Waals surface area contributed by atoms with Gasteiger partial charge in [-0.25, -0.2) is 9.97 Å². The summed E-state index contributed by atoms with van der Waals surface area (Å²) in [6, 6.07) is 8.12. The molecule has 1 aromatic carbocycles. The fraction of sp³-hybridized carbons (Fsp3) is 0.333. The number of hydrogen-bond acceptors (Lipinski definition) is 5. The number of nitrogens with zero attached hydrogens (tertiary/aromatic N) is 4. The van der Waals surface area contributed by atoms with Gasteiger partial charge in [-0.1, -0.05) is 24.3 Å². The SMILES string of the molecule is Cc1ccccc1CNc1ncc(C(=O)N2CCN(C=O)CC2)cn1. The van der Waals surface area contributed by atoms with Gasteiger partial charge in [-0.2, -0.15) is 0 Å². The van der Waals surface area contributed by atoms with E-state index in [0.717, 1.165) is 6.41 Å². The summed E-state index contributed by atoms with van der Waals surface area (Å²) in [6.07, 6.45) is 3.91. The molecule has 0 atom stereocenters. The number of benzene rings is 1. The van der Waals surface area contributed by atoms with Crippen molar-refractivity contribution >= 4 is 18.3 Å². The second kappa shape index (κ2) is 7.74. The molecule has 0 aliphatic carbocycles. The van der Waals surface area contributed by atoms with Crippen molar-refractivity contribution in [3.63, 3.8) is 0 Å². The summed E-state index contributed by atoms with van der Waals surface area (Å²) in [5.41, 5.74) is 2.84. The van der Waals surface area contributed by atoms with Crippen molar-refractivity contribution in [3.8, 4) is 0 Å². The molecule has 1 saturated heterocycles. The van der Waals surface area contributed by atoms with Gasteiger partial charge >= 0.3 is 0 Å². The van der Waals surface area contributed by atoms with Gasteiger partial charge in [-0.3, -0.25) is 9.59 Å². The molecule has 1 aliphatic heterocycles. The highest BCUT2D eigenvalue weighted by Gasteiger charge is 2.21. The number of carbonyl (C=O) groups excluding carboxylic acids is 2. The molecule has 0 unspecified atom stereocenters. The van der Waals surface area contributed by atoms with Crippen molar-refractivity contribution in [2.24, 2.45) is 0 Å². The minimum Gasteiger partial charge on any atom is -0.350 e. The van der Waals surface area contributed by atoms with Crippen LogP contribution in [0.3, 0.4) is 0 Å². The van der Waals surface area contributed by atoms with E-state index in [1.54, 1.807) is 22.2 Å². The zero-order valence-electron chi connectivity index (χ0n) is 14.2. The zero-order valence-corrected chi connectivity index (χ0v) is 14.2. The maximum absolute atomic E-state index is 12.4. The summed E-state index contributed by atoms with van der Waals surface area (Å²) in [6.45, 7) is 4.88. The number of hydrogen-bond donors (Lipinski definition) is 1. The van der Waals surface area contributed by atoms with E-state index in [1.165, 1.54) is 11.1 Å². The zero-order chi connectivity index (χ0) is 17.6. The Labute approximate surface area is 146 Å². The first-order valence-electron chi connectivity index (χ1n) is 8.26. The minimum absolute atomic E-state index is 0.101. The smallest absolute Gasteiger partial charge is 0.257 e. The van der Waals surface area contributed by atoms with Gasteiger partial charge in [0.15, 0.2) is 0 Å². The van der Waals surface area contributed by atoms with E-state index in [4.69, 9.17) is 0 Å². The van der Waals surface area contributed by atoms with E-state index < -0.39 is 0 Å². The highest BCUT2D eigenvalue weighted by molar-refractivity contribution is 5.93. The van der Waals surface area contributed by atoms with Crippen molar-refractivity contribution in [2.45, 2.75) is 13.5 Å². The van der Waals surface area contributed by atoms with Crippen LogP contribution in [0.1, 0.15) is 21.5 Å². The lowest BCUT2D eigenvalue weighted by atomic mass is 10.1. The molecule has 3 rings (SSSR count). The molecule has 130 valence electrons. The third-order valence-corrected chi connectivity index (χ3v) is 4.35. The molecule has 25 heavy (non-hydrogen) atoms. The molecule has 1 aromatic heterocycles. The molecule has 0 radical (unpaired) electrons. The Kier molecular flexibility index (Phi) is 5.23. The molecule has 0 saturated carbocycles. The quantitative estimate of drug-likeness (QED) is 0.831. The number of nitrogens with one attached hydrogen (secondary N) is 1. The lowest BCUT2D eigenvalue weighted by Crippen LogP contribution is -2.48. The largest absolute Gasteiger partial charge is 0.350 e. The van der Waals surface area contributed by atoms with E-state index in [-0.39, 0.29) is 5.91 Å². The third kappa shape index (κ3) is 4.12. The van der Waals surface area contributed by atoms with Gasteiger partial charge in [0.2, 0.25) is 12.4 Å². The Bertz CT molecular complexity index is 739. The van der Waals surface area contributed by atoms with Gasteiger partial charge in [0.05, 0.1) is 5.56 Å². The number of aryl methyl sites for hydroxylation is 1. The standard InChI is InChI=1S/C18H21N5O2/c1-14-4-2-3-5-15(14)10-19-18-20-11-16(12-21-18)17(25)23-8-6-22(13-24)7-9-23/h2-5,11-13H,6-10H2,1H3,(H,19,20,21). The Morgan fingerprint density at radius 2 is 1.84 bits per heavy atom. The van der Waals surface area contributed by atoms with Crippen molar-refractivity contribution in [1.29, 1.82) is 0 Å². The lowest BCUT2D eigenvalue weighted by molar-refractivity contribution is -0.119. The first kappa shape index (κ1) is 16.9. The van der Waals surface area contributed by atoms with Gasteiger partial charge in [0.25, 0.3) is 5.91 Å². The van der Waals surface area contributed by atoms with Crippen molar-refractivity contribution in [3.05, 3.63) is 53.3 Å². The number of piperazine rings is 1. The predicted molar refractivity (Wildman–Crippen MR) is 94.1 cm³/mol. The maximum Gasteiger partial charge on any atom is 0.257 e. The normalized spacial score (nSPS) is 14.3. The average Bonchev–Trinajstić information content (AvgIpc) is 2.67. The molecule has 7 nitrogen and oxygen atoms in total. The van der Waals surface area contributed by atoms with E-state index in [0.29, 0.717) is 44.2 Å². The van der Waals surface area contributed by atoms with Crippen molar-refractivity contribution in [1.82, 2.24) is 19.8 Å². The monoisotopic (exact) mass is 339 g/mol. The number of rotatable bonds is 5. The molecule has 1 fully saturated rings. The van der Waals surface area contributed by atoms with E-state index in [9.17, 15) is 9.59 Å². The van der Waals surface area contributed by atoms with Gasteiger partial charge in [-0.15, -0.1) is 0 Å². The Balaban J connectivity index is 1.57. The van der Waals surface area contributed by atoms with Crippen LogP contribution in [0.2, 0.25) is 0 Å². The van der Waals surface area contributed by atoms with E-state index in [1.807, 2.05) is 12.1 Å². The predicted octanol–water partition coefficient (Wildman–Crippen LogP) is 1.31. The molecule has 2 amide bonds. The first-order valence-corrected chi connectivity index (χ1v) is 8.26. The van der Waals surface area contributed by atoms with Crippen LogP contribution >= 0.6 is 0 Å².